The van der Waals surface area contributed by atoms with Gasteiger partial charge in [-0.15, -0.1) is 0 Å². The quantitative estimate of drug-likeness (QED) is 0.522. The van der Waals surface area contributed by atoms with E-state index in [0.29, 0.717) is 12.1 Å². The predicted octanol–water partition coefficient (Wildman–Crippen LogP) is 4.24. The van der Waals surface area contributed by atoms with Crippen LogP contribution in [0.1, 0.15) is 32.3 Å². The number of hydrogen-bond donors (Lipinski definition) is 3. The first kappa shape index (κ1) is 23.7. The lowest BCUT2D eigenvalue weighted by Crippen LogP contribution is -2.53. The number of benzene rings is 1. The summed E-state index contributed by atoms with van der Waals surface area (Å²) < 4.78 is 90.2. The highest BCUT2D eigenvalue weighted by Crippen LogP contribution is 2.50. The summed E-state index contributed by atoms with van der Waals surface area (Å²) in [4.78, 5) is 8.66. The highest BCUT2D eigenvalue weighted by atomic mass is 31.2. The standard InChI is InChI=1S/C9H8F6NO4P.C4H10/c10-8(11,12)7(17,9(13,14)15)5-1-3-6(4-2-5)20-21(16,18)19;1-3-4-2/h1-4,17H,(H3,16,18,19);3-4H2,1-2H3. The Morgan fingerprint density at radius 1 is 1.00 bits per heavy atom. The zero-order valence-corrected chi connectivity index (χ0v) is 14.1. The average molecular weight is 397 g/mol. The van der Waals surface area contributed by atoms with Gasteiger partial charge >= 0.3 is 20.1 Å². The summed E-state index contributed by atoms with van der Waals surface area (Å²) in [6.07, 6.45) is -9.40. The minimum Gasteiger partial charge on any atom is -0.413 e. The zero-order valence-electron chi connectivity index (χ0n) is 13.2. The minimum absolute atomic E-state index is 0.256. The SMILES string of the molecule is CCCC.NP(=O)(O)Oc1ccc(C(O)(C(F)(F)F)C(F)(F)F)cc1. The molecular formula is C13H18F6NO4P. The van der Waals surface area contributed by atoms with Crippen molar-refractivity contribution in [2.45, 2.75) is 44.6 Å². The molecule has 1 atom stereocenters. The van der Waals surface area contributed by atoms with Crippen molar-refractivity contribution >= 4 is 7.75 Å². The summed E-state index contributed by atoms with van der Waals surface area (Å²) in [5.41, 5.74) is -2.00. The third-order valence-corrected chi connectivity index (χ3v) is 3.30. The molecule has 0 amide bonds. The molecule has 4 N–H and O–H groups in total. The second kappa shape index (κ2) is 8.39. The molecule has 146 valence electrons. The highest BCUT2D eigenvalue weighted by molar-refractivity contribution is 7.50. The summed E-state index contributed by atoms with van der Waals surface area (Å²) in [5, 5.41) is 9.06. The molecular weight excluding hydrogens is 379 g/mol. The first-order valence-corrected chi connectivity index (χ1v) is 8.52. The van der Waals surface area contributed by atoms with E-state index in [-0.39, 0.29) is 12.1 Å². The van der Waals surface area contributed by atoms with Gasteiger partial charge in [-0.05, 0) is 12.1 Å². The van der Waals surface area contributed by atoms with Gasteiger partial charge < -0.3 is 14.5 Å². The van der Waals surface area contributed by atoms with Gasteiger partial charge in [-0.2, -0.15) is 26.3 Å². The Kier molecular flexibility index (Phi) is 7.96. The van der Waals surface area contributed by atoms with Gasteiger partial charge in [0.1, 0.15) is 5.75 Å². The van der Waals surface area contributed by atoms with Crippen LogP contribution in [0.25, 0.3) is 0 Å². The van der Waals surface area contributed by atoms with Gasteiger partial charge in [0.05, 0.1) is 0 Å². The van der Waals surface area contributed by atoms with Gasteiger partial charge in [-0.1, -0.05) is 38.8 Å². The third kappa shape index (κ3) is 6.50. The van der Waals surface area contributed by atoms with E-state index in [1.165, 1.54) is 12.8 Å². The van der Waals surface area contributed by atoms with Gasteiger partial charge in [-0.3, -0.25) is 0 Å². The largest absolute Gasteiger partial charge is 0.453 e. The molecule has 1 unspecified atom stereocenters. The number of unbranched alkanes of at least 4 members (excludes halogenated alkanes) is 1. The first-order chi connectivity index (χ1) is 11.1. The van der Waals surface area contributed by atoms with E-state index in [0.717, 1.165) is 0 Å². The second-order valence-electron chi connectivity index (χ2n) is 4.89. The molecule has 0 aromatic heterocycles. The molecule has 0 aliphatic rings. The van der Waals surface area contributed by atoms with E-state index in [4.69, 9.17) is 10.00 Å². The van der Waals surface area contributed by atoms with E-state index in [1.54, 1.807) is 0 Å². The van der Waals surface area contributed by atoms with Crippen LogP contribution in [0.3, 0.4) is 0 Å². The van der Waals surface area contributed by atoms with Crippen molar-refractivity contribution in [2.75, 3.05) is 0 Å². The molecule has 0 heterocycles. The van der Waals surface area contributed by atoms with Crippen molar-refractivity contribution in [3.05, 3.63) is 29.8 Å². The molecule has 0 saturated carbocycles. The highest BCUT2D eigenvalue weighted by Gasteiger charge is 2.71. The van der Waals surface area contributed by atoms with Crippen LogP contribution < -0.4 is 10.0 Å². The molecule has 0 aliphatic carbocycles. The van der Waals surface area contributed by atoms with Crippen LogP contribution >= 0.6 is 7.75 Å². The van der Waals surface area contributed by atoms with E-state index >= 15 is 0 Å². The number of alkyl halides is 6. The fourth-order valence-electron chi connectivity index (χ4n) is 1.40. The van der Waals surface area contributed by atoms with Crippen LogP contribution in [0.5, 0.6) is 5.75 Å². The van der Waals surface area contributed by atoms with Crippen molar-refractivity contribution in [3.8, 4) is 5.75 Å². The summed E-state index contributed by atoms with van der Waals surface area (Å²) in [6.45, 7) is 4.36. The van der Waals surface area contributed by atoms with Crippen LogP contribution in [0.2, 0.25) is 0 Å². The monoisotopic (exact) mass is 397 g/mol. The Labute approximate surface area is 140 Å². The van der Waals surface area contributed by atoms with Crippen molar-refractivity contribution in [3.63, 3.8) is 0 Å². The second-order valence-corrected chi connectivity index (χ2v) is 6.20. The van der Waals surface area contributed by atoms with Gasteiger partial charge in [0.15, 0.2) is 0 Å². The molecule has 1 aromatic rings. The Morgan fingerprint density at radius 2 is 1.36 bits per heavy atom. The molecule has 0 aliphatic heterocycles. The summed E-state index contributed by atoms with van der Waals surface area (Å²) in [6, 6.07) is 1.58. The molecule has 12 heteroatoms. The van der Waals surface area contributed by atoms with Gasteiger partial charge in [-0.25, -0.2) is 10.1 Å². The normalized spacial score (nSPS) is 15.0. The number of hydrogen-bond acceptors (Lipinski definition) is 3. The predicted molar refractivity (Wildman–Crippen MR) is 77.7 cm³/mol. The average Bonchev–Trinajstić information content (AvgIpc) is 2.43. The van der Waals surface area contributed by atoms with Crippen molar-refractivity contribution < 1.29 is 45.4 Å². The maximum absolute atomic E-state index is 12.6. The molecule has 0 radical (unpaired) electrons. The van der Waals surface area contributed by atoms with Gasteiger partial charge in [0.2, 0.25) is 0 Å². The lowest BCUT2D eigenvalue weighted by Gasteiger charge is -2.32. The Bertz CT molecular complexity index is 566. The van der Waals surface area contributed by atoms with E-state index in [2.05, 4.69) is 23.9 Å². The van der Waals surface area contributed by atoms with E-state index < -0.39 is 37.0 Å². The molecule has 25 heavy (non-hydrogen) atoms. The maximum atomic E-state index is 12.6. The minimum atomic E-state index is -6.02. The van der Waals surface area contributed by atoms with Gasteiger partial charge in [0.25, 0.3) is 5.60 Å². The summed E-state index contributed by atoms with van der Waals surface area (Å²) in [7, 11) is -4.52. The Balaban J connectivity index is 0.00000129. The molecule has 1 rings (SSSR count). The first-order valence-electron chi connectivity index (χ1n) is 6.87. The zero-order chi connectivity index (χ0) is 20.1. The smallest absolute Gasteiger partial charge is 0.413 e. The summed E-state index contributed by atoms with van der Waals surface area (Å²) in [5.74, 6) is -0.543. The van der Waals surface area contributed by atoms with E-state index in [1.807, 2.05) is 0 Å². The Morgan fingerprint density at radius 3 is 1.60 bits per heavy atom. The van der Waals surface area contributed by atoms with Gasteiger partial charge in [0, 0.05) is 5.56 Å². The summed E-state index contributed by atoms with van der Waals surface area (Å²) >= 11 is 0. The number of aliphatic hydroxyl groups is 1. The topological polar surface area (TPSA) is 92.8 Å². The van der Waals surface area contributed by atoms with E-state index in [9.17, 15) is 30.9 Å². The van der Waals surface area contributed by atoms with Crippen molar-refractivity contribution in [2.24, 2.45) is 5.50 Å². The number of rotatable bonds is 4. The van der Waals surface area contributed by atoms with Crippen LogP contribution in [-0.4, -0.2) is 22.4 Å². The fourth-order valence-corrected chi connectivity index (χ4v) is 1.82. The van der Waals surface area contributed by atoms with Crippen LogP contribution in [0.15, 0.2) is 24.3 Å². The third-order valence-electron chi connectivity index (χ3n) is 2.83. The van der Waals surface area contributed by atoms with Crippen molar-refractivity contribution in [1.82, 2.24) is 0 Å². The van der Waals surface area contributed by atoms with Crippen LogP contribution in [0.4, 0.5) is 26.3 Å². The lowest BCUT2D eigenvalue weighted by atomic mass is 9.92. The lowest BCUT2D eigenvalue weighted by molar-refractivity contribution is -0.376. The molecule has 0 saturated heterocycles. The number of nitrogens with two attached hydrogens (primary N) is 1. The van der Waals surface area contributed by atoms with Crippen LogP contribution in [-0.2, 0) is 10.2 Å². The Hall–Kier alpha value is -1.29. The molecule has 0 fully saturated rings. The van der Waals surface area contributed by atoms with Crippen molar-refractivity contribution in [1.29, 1.82) is 0 Å². The number of halogens is 6. The molecule has 5 nitrogen and oxygen atoms in total. The molecule has 0 spiro atoms. The van der Waals surface area contributed by atoms with Crippen LogP contribution in [0, 0.1) is 0 Å². The molecule has 0 bridgehead atoms. The maximum Gasteiger partial charge on any atom is 0.453 e. The molecule has 1 aromatic carbocycles. The fraction of sp³-hybridized carbons (Fsp3) is 0.538.